The minimum Gasteiger partial charge on any atom is -0.465 e. The molecule has 0 aliphatic heterocycles. The van der Waals surface area contributed by atoms with E-state index in [4.69, 9.17) is 4.74 Å². The number of ether oxygens (including phenoxy) is 2. The lowest BCUT2D eigenvalue weighted by atomic mass is 10.1. The molecule has 0 bridgehead atoms. The van der Waals surface area contributed by atoms with E-state index in [0.29, 0.717) is 18.5 Å². The Balaban J connectivity index is 2.50. The Morgan fingerprint density at radius 3 is 2.61 bits per heavy atom. The number of hydrogen-bond donors (Lipinski definition) is 1. The van der Waals surface area contributed by atoms with E-state index in [0.717, 1.165) is 0 Å². The number of carbonyl (C=O) groups is 2. The van der Waals surface area contributed by atoms with Crippen molar-refractivity contribution in [2.45, 2.75) is 32.8 Å². The Hall–Kier alpha value is -2.37. The second-order valence-electron chi connectivity index (χ2n) is 5.85. The van der Waals surface area contributed by atoms with Gasteiger partial charge in [-0.05, 0) is 44.9 Å². The Kier molecular flexibility index (Phi) is 6.75. The summed E-state index contributed by atoms with van der Waals surface area (Å²) in [5, 5.41) is 2.63. The molecule has 1 aromatic rings. The first-order chi connectivity index (χ1) is 10.7. The van der Waals surface area contributed by atoms with Gasteiger partial charge in [0, 0.05) is 6.54 Å². The zero-order valence-electron chi connectivity index (χ0n) is 13.8. The standard InChI is InChI=1S/C17H22FNO4/c1-17(2,3)23-16(21)19-10-6-5-7-12-8-9-14(18)13(11-12)15(20)22-4/h5,7-9,11H,6,10H2,1-4H3,(H,19,21). The number of hydrogen-bond acceptors (Lipinski definition) is 4. The molecule has 0 saturated carbocycles. The van der Waals surface area contributed by atoms with Crippen LogP contribution in [0.4, 0.5) is 9.18 Å². The van der Waals surface area contributed by atoms with Crippen molar-refractivity contribution in [3.05, 3.63) is 41.2 Å². The maximum atomic E-state index is 13.5. The van der Waals surface area contributed by atoms with E-state index in [2.05, 4.69) is 10.1 Å². The highest BCUT2D eigenvalue weighted by Gasteiger charge is 2.15. The molecule has 0 aliphatic carbocycles. The second kappa shape index (κ2) is 8.31. The van der Waals surface area contributed by atoms with Crippen LogP contribution in [0.1, 0.15) is 43.1 Å². The third-order valence-electron chi connectivity index (χ3n) is 2.69. The van der Waals surface area contributed by atoms with Crippen molar-refractivity contribution in [1.29, 1.82) is 0 Å². The second-order valence-corrected chi connectivity index (χ2v) is 5.85. The summed E-state index contributed by atoms with van der Waals surface area (Å²) in [7, 11) is 1.20. The highest BCUT2D eigenvalue weighted by atomic mass is 19.1. The normalized spacial score (nSPS) is 11.3. The summed E-state index contributed by atoms with van der Waals surface area (Å²) < 4.78 is 23.1. The highest BCUT2D eigenvalue weighted by Crippen LogP contribution is 2.13. The van der Waals surface area contributed by atoms with Gasteiger partial charge in [0.1, 0.15) is 11.4 Å². The SMILES string of the molecule is COC(=O)c1cc(C=CCCNC(=O)OC(C)(C)C)ccc1F. The molecule has 1 N–H and O–H groups in total. The first-order valence-electron chi connectivity index (χ1n) is 7.24. The molecule has 0 atom stereocenters. The van der Waals surface area contributed by atoms with Crippen LogP contribution in [-0.2, 0) is 9.47 Å². The first-order valence-corrected chi connectivity index (χ1v) is 7.24. The van der Waals surface area contributed by atoms with E-state index in [1.807, 2.05) is 6.08 Å². The predicted molar refractivity (Wildman–Crippen MR) is 85.6 cm³/mol. The molecule has 1 amide bonds. The Labute approximate surface area is 135 Å². The zero-order valence-corrected chi connectivity index (χ0v) is 13.8. The van der Waals surface area contributed by atoms with Crippen molar-refractivity contribution in [3.63, 3.8) is 0 Å². The summed E-state index contributed by atoms with van der Waals surface area (Å²) in [6.07, 6.45) is 3.65. The summed E-state index contributed by atoms with van der Waals surface area (Å²) in [6, 6.07) is 4.18. The smallest absolute Gasteiger partial charge is 0.407 e. The maximum absolute atomic E-state index is 13.5. The average molecular weight is 323 g/mol. The van der Waals surface area contributed by atoms with Gasteiger partial charge in [0.2, 0.25) is 0 Å². The van der Waals surface area contributed by atoms with Crippen molar-refractivity contribution in [3.8, 4) is 0 Å². The largest absolute Gasteiger partial charge is 0.465 e. The quantitative estimate of drug-likeness (QED) is 0.665. The number of esters is 1. The van der Waals surface area contributed by atoms with Crippen LogP contribution in [-0.4, -0.2) is 31.3 Å². The lowest BCUT2D eigenvalue weighted by molar-refractivity contribution is 0.0527. The van der Waals surface area contributed by atoms with Crippen molar-refractivity contribution >= 4 is 18.1 Å². The Morgan fingerprint density at radius 1 is 1.30 bits per heavy atom. The van der Waals surface area contributed by atoms with Gasteiger partial charge in [0.15, 0.2) is 0 Å². The predicted octanol–water partition coefficient (Wildman–Crippen LogP) is 3.54. The van der Waals surface area contributed by atoms with E-state index in [1.54, 1.807) is 32.9 Å². The summed E-state index contributed by atoms with van der Waals surface area (Å²) in [5.74, 6) is -1.34. The molecule has 0 fully saturated rings. The molecule has 0 heterocycles. The van der Waals surface area contributed by atoms with Crippen LogP contribution in [0.3, 0.4) is 0 Å². The zero-order chi connectivity index (χ0) is 17.5. The topological polar surface area (TPSA) is 64.6 Å². The minimum atomic E-state index is -0.718. The lowest BCUT2D eigenvalue weighted by Crippen LogP contribution is -2.32. The lowest BCUT2D eigenvalue weighted by Gasteiger charge is -2.19. The van der Waals surface area contributed by atoms with Gasteiger partial charge in [-0.25, -0.2) is 14.0 Å². The van der Waals surface area contributed by atoms with E-state index < -0.39 is 23.5 Å². The number of rotatable bonds is 5. The summed E-state index contributed by atoms with van der Waals surface area (Å²) >= 11 is 0. The van der Waals surface area contributed by atoms with Gasteiger partial charge in [0.25, 0.3) is 0 Å². The Morgan fingerprint density at radius 2 is 2.00 bits per heavy atom. The number of methoxy groups -OCH3 is 1. The van der Waals surface area contributed by atoms with Gasteiger partial charge in [-0.1, -0.05) is 18.2 Å². The van der Waals surface area contributed by atoms with E-state index in [-0.39, 0.29) is 5.56 Å². The molecule has 0 radical (unpaired) electrons. The van der Waals surface area contributed by atoms with E-state index >= 15 is 0 Å². The van der Waals surface area contributed by atoms with Gasteiger partial charge in [-0.3, -0.25) is 0 Å². The van der Waals surface area contributed by atoms with Gasteiger partial charge < -0.3 is 14.8 Å². The van der Waals surface area contributed by atoms with Crippen molar-refractivity contribution < 1.29 is 23.5 Å². The minimum absolute atomic E-state index is 0.110. The van der Waals surface area contributed by atoms with Gasteiger partial charge in [0.05, 0.1) is 12.7 Å². The summed E-state index contributed by atoms with van der Waals surface area (Å²) in [5.41, 5.74) is 0.0313. The highest BCUT2D eigenvalue weighted by molar-refractivity contribution is 5.90. The fourth-order valence-corrected chi connectivity index (χ4v) is 1.70. The molecule has 0 saturated heterocycles. The fraction of sp³-hybridized carbons (Fsp3) is 0.412. The van der Waals surface area contributed by atoms with E-state index in [1.165, 1.54) is 19.2 Å². The van der Waals surface area contributed by atoms with Crippen LogP contribution in [0.5, 0.6) is 0 Å². The number of amides is 1. The van der Waals surface area contributed by atoms with Crippen molar-refractivity contribution in [2.75, 3.05) is 13.7 Å². The molecule has 6 heteroatoms. The maximum Gasteiger partial charge on any atom is 0.407 e. The molecule has 0 aromatic heterocycles. The van der Waals surface area contributed by atoms with Crippen LogP contribution in [0, 0.1) is 5.82 Å². The summed E-state index contributed by atoms with van der Waals surface area (Å²) in [4.78, 5) is 22.8. The molecule has 0 unspecified atom stereocenters. The average Bonchev–Trinajstić information content (AvgIpc) is 2.45. The number of alkyl carbamates (subject to hydrolysis) is 1. The molecule has 5 nitrogen and oxygen atoms in total. The third-order valence-corrected chi connectivity index (χ3v) is 2.69. The van der Waals surface area contributed by atoms with Gasteiger partial charge >= 0.3 is 12.1 Å². The fourth-order valence-electron chi connectivity index (χ4n) is 1.70. The van der Waals surface area contributed by atoms with Crippen LogP contribution in [0.15, 0.2) is 24.3 Å². The van der Waals surface area contributed by atoms with Gasteiger partial charge in [-0.2, -0.15) is 0 Å². The van der Waals surface area contributed by atoms with Crippen molar-refractivity contribution in [2.24, 2.45) is 0 Å². The number of nitrogens with one attached hydrogen (secondary N) is 1. The molecule has 126 valence electrons. The van der Waals surface area contributed by atoms with Crippen LogP contribution in [0.2, 0.25) is 0 Å². The monoisotopic (exact) mass is 323 g/mol. The molecule has 23 heavy (non-hydrogen) atoms. The number of halogens is 1. The van der Waals surface area contributed by atoms with Crippen LogP contribution < -0.4 is 5.32 Å². The molecule has 1 aromatic carbocycles. The summed E-state index contributed by atoms with van der Waals surface area (Å²) in [6.45, 7) is 5.79. The Bertz CT molecular complexity index is 591. The first kappa shape index (κ1) is 18.7. The molecule has 0 spiro atoms. The number of carbonyl (C=O) groups excluding carboxylic acids is 2. The van der Waals surface area contributed by atoms with Crippen LogP contribution >= 0.6 is 0 Å². The van der Waals surface area contributed by atoms with Gasteiger partial charge in [-0.15, -0.1) is 0 Å². The van der Waals surface area contributed by atoms with E-state index in [9.17, 15) is 14.0 Å². The van der Waals surface area contributed by atoms with Crippen LogP contribution in [0.25, 0.3) is 6.08 Å². The molecular weight excluding hydrogens is 301 g/mol. The molecular formula is C17H22FNO4. The molecule has 1 rings (SSSR count). The number of benzene rings is 1. The third kappa shape index (κ3) is 6.95. The van der Waals surface area contributed by atoms with Crippen molar-refractivity contribution in [1.82, 2.24) is 5.32 Å². The molecule has 0 aliphatic rings.